The highest BCUT2D eigenvalue weighted by molar-refractivity contribution is 5.99. The van der Waals surface area contributed by atoms with Gasteiger partial charge < -0.3 is 4.42 Å². The molecule has 116 valence electrons. The molecule has 0 saturated heterocycles. The quantitative estimate of drug-likeness (QED) is 0.856. The molecule has 0 saturated carbocycles. The second kappa shape index (κ2) is 6.47. The van der Waals surface area contributed by atoms with Crippen molar-refractivity contribution >= 4 is 11.8 Å². The van der Waals surface area contributed by atoms with E-state index in [2.05, 4.69) is 24.7 Å². The molecule has 1 aromatic heterocycles. The van der Waals surface area contributed by atoms with E-state index in [0.29, 0.717) is 28.6 Å². The van der Waals surface area contributed by atoms with Crippen LogP contribution >= 0.6 is 0 Å². The Hall–Kier alpha value is -2.56. The number of nitrogens with one attached hydrogen (secondary N) is 2. The van der Waals surface area contributed by atoms with Gasteiger partial charge >= 0.3 is 0 Å². The van der Waals surface area contributed by atoms with Gasteiger partial charge in [0.05, 0.1) is 5.56 Å². The van der Waals surface area contributed by atoms with Crippen LogP contribution in [0, 0.1) is 13.8 Å². The van der Waals surface area contributed by atoms with E-state index in [4.69, 9.17) is 4.42 Å². The number of hydrogen-bond donors (Lipinski definition) is 2. The van der Waals surface area contributed by atoms with E-state index in [1.165, 1.54) is 0 Å². The summed E-state index contributed by atoms with van der Waals surface area (Å²) in [7, 11) is 0. The first-order chi connectivity index (χ1) is 10.4. The smallest absolute Gasteiger partial charge is 0.273 e. The first-order valence-electron chi connectivity index (χ1n) is 7.16. The van der Waals surface area contributed by atoms with E-state index in [-0.39, 0.29) is 5.91 Å². The Morgan fingerprint density at radius 1 is 1.00 bits per heavy atom. The Kier molecular flexibility index (Phi) is 4.65. The van der Waals surface area contributed by atoms with Crippen LogP contribution in [0.3, 0.4) is 0 Å². The number of furan rings is 1. The molecule has 0 atom stereocenters. The second-order valence-corrected chi connectivity index (χ2v) is 5.51. The maximum absolute atomic E-state index is 12.0. The predicted octanol–water partition coefficient (Wildman–Crippen LogP) is 3.09. The van der Waals surface area contributed by atoms with Gasteiger partial charge in [-0.2, -0.15) is 0 Å². The minimum atomic E-state index is -0.401. The van der Waals surface area contributed by atoms with Crippen molar-refractivity contribution in [1.29, 1.82) is 0 Å². The average molecular weight is 300 g/mol. The van der Waals surface area contributed by atoms with Gasteiger partial charge in [-0.15, -0.1) is 0 Å². The lowest BCUT2D eigenvalue weighted by molar-refractivity contribution is 0.0845. The normalized spacial score (nSPS) is 10.6. The summed E-state index contributed by atoms with van der Waals surface area (Å²) in [6.45, 7) is 7.64. The molecule has 0 fully saturated rings. The van der Waals surface area contributed by atoms with Crippen LogP contribution in [0.5, 0.6) is 0 Å². The SMILES string of the molecule is Cc1cc(C(=O)NNC(=O)c2ccc(C(C)C)cc2)c(C)o1. The fourth-order valence-electron chi connectivity index (χ4n) is 2.13. The zero-order chi connectivity index (χ0) is 16.3. The van der Waals surface area contributed by atoms with E-state index in [9.17, 15) is 9.59 Å². The highest BCUT2D eigenvalue weighted by Gasteiger charge is 2.14. The first-order valence-corrected chi connectivity index (χ1v) is 7.16. The Bertz CT molecular complexity index is 684. The largest absolute Gasteiger partial charge is 0.466 e. The molecule has 0 aliphatic carbocycles. The summed E-state index contributed by atoms with van der Waals surface area (Å²) in [5, 5.41) is 0. The maximum Gasteiger partial charge on any atom is 0.273 e. The topological polar surface area (TPSA) is 71.3 Å². The van der Waals surface area contributed by atoms with Crippen LogP contribution in [0.2, 0.25) is 0 Å². The van der Waals surface area contributed by atoms with Crippen LogP contribution in [0.1, 0.15) is 57.6 Å². The van der Waals surface area contributed by atoms with Gasteiger partial charge in [-0.1, -0.05) is 26.0 Å². The van der Waals surface area contributed by atoms with Crippen molar-refractivity contribution in [3.05, 3.63) is 58.5 Å². The molecule has 0 radical (unpaired) electrons. The van der Waals surface area contributed by atoms with Crippen LogP contribution in [-0.2, 0) is 0 Å². The molecule has 0 unspecified atom stereocenters. The fraction of sp³-hybridized carbons (Fsp3) is 0.294. The molecule has 1 heterocycles. The van der Waals surface area contributed by atoms with Gasteiger partial charge in [-0.25, -0.2) is 0 Å². The molecule has 5 heteroatoms. The summed E-state index contributed by atoms with van der Waals surface area (Å²) < 4.78 is 5.29. The second-order valence-electron chi connectivity index (χ2n) is 5.51. The van der Waals surface area contributed by atoms with Crippen LogP contribution in [0.4, 0.5) is 0 Å². The molecule has 1 aromatic carbocycles. The summed E-state index contributed by atoms with van der Waals surface area (Å²) in [6.07, 6.45) is 0. The number of benzene rings is 1. The average Bonchev–Trinajstić information content (AvgIpc) is 2.83. The molecule has 5 nitrogen and oxygen atoms in total. The van der Waals surface area contributed by atoms with Gasteiger partial charge in [0, 0.05) is 5.56 Å². The van der Waals surface area contributed by atoms with E-state index in [0.717, 1.165) is 5.56 Å². The van der Waals surface area contributed by atoms with Crippen molar-refractivity contribution in [2.45, 2.75) is 33.6 Å². The monoisotopic (exact) mass is 300 g/mol. The Labute approximate surface area is 129 Å². The third-order valence-electron chi connectivity index (χ3n) is 3.41. The molecule has 2 aromatic rings. The highest BCUT2D eigenvalue weighted by atomic mass is 16.3. The number of rotatable bonds is 3. The lowest BCUT2D eigenvalue weighted by Crippen LogP contribution is -2.41. The van der Waals surface area contributed by atoms with Crippen molar-refractivity contribution in [3.8, 4) is 0 Å². The van der Waals surface area contributed by atoms with E-state index in [1.807, 2.05) is 12.1 Å². The van der Waals surface area contributed by atoms with Crippen molar-refractivity contribution in [1.82, 2.24) is 10.9 Å². The summed E-state index contributed by atoms with van der Waals surface area (Å²) in [4.78, 5) is 24.0. The Morgan fingerprint density at radius 3 is 2.09 bits per heavy atom. The van der Waals surface area contributed by atoms with Crippen molar-refractivity contribution in [3.63, 3.8) is 0 Å². The molecule has 22 heavy (non-hydrogen) atoms. The van der Waals surface area contributed by atoms with Crippen LogP contribution in [-0.4, -0.2) is 11.8 Å². The van der Waals surface area contributed by atoms with Crippen LogP contribution < -0.4 is 10.9 Å². The van der Waals surface area contributed by atoms with Crippen molar-refractivity contribution in [2.24, 2.45) is 0 Å². The van der Waals surface area contributed by atoms with E-state index < -0.39 is 5.91 Å². The number of carbonyl (C=O) groups is 2. The zero-order valence-electron chi connectivity index (χ0n) is 13.2. The summed E-state index contributed by atoms with van der Waals surface area (Å²) in [6, 6.07) is 8.93. The van der Waals surface area contributed by atoms with Gasteiger partial charge in [0.25, 0.3) is 11.8 Å². The molecule has 2 N–H and O–H groups in total. The number of hydrazine groups is 1. The minimum absolute atomic E-state index is 0.360. The van der Waals surface area contributed by atoms with Gasteiger partial charge in [0.1, 0.15) is 11.5 Å². The number of aryl methyl sites for hydroxylation is 2. The highest BCUT2D eigenvalue weighted by Crippen LogP contribution is 2.15. The standard InChI is InChI=1S/C17H20N2O3/c1-10(2)13-5-7-14(8-6-13)16(20)18-19-17(21)15-9-11(3)22-12(15)4/h5-10H,1-4H3,(H,18,20)(H,19,21). The van der Waals surface area contributed by atoms with Gasteiger partial charge in [-0.05, 0) is 43.5 Å². The fourth-order valence-corrected chi connectivity index (χ4v) is 2.13. The molecule has 0 bridgehead atoms. The number of amides is 2. The number of carbonyl (C=O) groups excluding carboxylic acids is 2. The molecule has 0 aliphatic rings. The van der Waals surface area contributed by atoms with Crippen LogP contribution in [0.25, 0.3) is 0 Å². The van der Waals surface area contributed by atoms with E-state index in [1.54, 1.807) is 32.0 Å². The molecule has 2 rings (SSSR count). The van der Waals surface area contributed by atoms with Gasteiger partial charge in [-0.3, -0.25) is 20.4 Å². The molecule has 0 aliphatic heterocycles. The molecular formula is C17H20N2O3. The summed E-state index contributed by atoms with van der Waals surface area (Å²) in [5.74, 6) is 0.816. The van der Waals surface area contributed by atoms with Crippen molar-refractivity contribution < 1.29 is 14.0 Å². The minimum Gasteiger partial charge on any atom is -0.466 e. The van der Waals surface area contributed by atoms with Crippen molar-refractivity contribution in [2.75, 3.05) is 0 Å². The molecule has 0 spiro atoms. The van der Waals surface area contributed by atoms with Gasteiger partial charge in [0.2, 0.25) is 0 Å². The maximum atomic E-state index is 12.0. The van der Waals surface area contributed by atoms with Gasteiger partial charge in [0.15, 0.2) is 0 Å². The Morgan fingerprint density at radius 2 is 1.59 bits per heavy atom. The third kappa shape index (κ3) is 3.55. The Balaban J connectivity index is 1.97. The van der Waals surface area contributed by atoms with Crippen LogP contribution in [0.15, 0.2) is 34.7 Å². The summed E-state index contributed by atoms with van der Waals surface area (Å²) >= 11 is 0. The molecular weight excluding hydrogens is 280 g/mol. The lowest BCUT2D eigenvalue weighted by Gasteiger charge is -2.08. The lowest BCUT2D eigenvalue weighted by atomic mass is 10.0. The van der Waals surface area contributed by atoms with E-state index >= 15 is 0 Å². The summed E-state index contributed by atoms with van der Waals surface area (Å²) in [5.41, 5.74) is 6.85. The first kappa shape index (κ1) is 15.8. The zero-order valence-corrected chi connectivity index (χ0v) is 13.2. The third-order valence-corrected chi connectivity index (χ3v) is 3.41. The predicted molar refractivity (Wildman–Crippen MR) is 83.6 cm³/mol. The molecule has 2 amide bonds. The number of hydrogen-bond acceptors (Lipinski definition) is 3.